The molecule has 3 aromatic rings. The van der Waals surface area contributed by atoms with Gasteiger partial charge in [-0.25, -0.2) is 5.01 Å². The van der Waals surface area contributed by atoms with Crippen molar-refractivity contribution in [1.29, 1.82) is 0 Å². The summed E-state index contributed by atoms with van der Waals surface area (Å²) in [6.45, 7) is 0. The molecule has 1 fully saturated rings. The molecule has 0 unspecified atom stereocenters. The van der Waals surface area contributed by atoms with Crippen molar-refractivity contribution in [1.82, 2.24) is 5.01 Å². The topological polar surface area (TPSA) is 43.3 Å². The summed E-state index contributed by atoms with van der Waals surface area (Å²) in [6.07, 6.45) is 4.83. The molecule has 0 aromatic heterocycles. The predicted molar refractivity (Wildman–Crippen MR) is 133 cm³/mol. The number of para-hydroxylation sites is 1. The van der Waals surface area contributed by atoms with Gasteiger partial charge in [-0.3, -0.25) is 0 Å². The number of fused-ring (bicyclic) bond motifs is 4. The molecule has 5 heteroatoms. The Balaban J connectivity index is 1.38. The van der Waals surface area contributed by atoms with Crippen LogP contribution in [0.2, 0.25) is 0 Å². The molecule has 6 rings (SSSR count). The number of rotatable bonds is 4. The van der Waals surface area contributed by atoms with E-state index in [1.807, 2.05) is 24.3 Å². The molecule has 1 spiro atoms. The van der Waals surface area contributed by atoms with Crippen molar-refractivity contribution in [3.63, 3.8) is 0 Å². The van der Waals surface area contributed by atoms with E-state index in [0.29, 0.717) is 5.92 Å². The van der Waals surface area contributed by atoms with Gasteiger partial charge in [0.1, 0.15) is 5.75 Å². The molecule has 0 amide bonds. The molecule has 1 atom stereocenters. The van der Waals surface area contributed by atoms with Crippen LogP contribution in [0.5, 0.6) is 17.2 Å². The molecule has 34 heavy (non-hydrogen) atoms. The Labute approximate surface area is 201 Å². The van der Waals surface area contributed by atoms with Crippen LogP contribution < -0.4 is 14.2 Å². The van der Waals surface area contributed by atoms with Crippen molar-refractivity contribution >= 4 is 5.71 Å². The second-order valence-corrected chi connectivity index (χ2v) is 9.45. The maximum atomic E-state index is 6.88. The number of benzene rings is 3. The predicted octanol–water partition coefficient (Wildman–Crippen LogP) is 6.30. The summed E-state index contributed by atoms with van der Waals surface area (Å²) >= 11 is 0. The maximum Gasteiger partial charge on any atom is 0.198 e. The zero-order valence-corrected chi connectivity index (χ0v) is 19.7. The number of hydrogen-bond donors (Lipinski definition) is 0. The largest absolute Gasteiger partial charge is 0.497 e. The van der Waals surface area contributed by atoms with Gasteiger partial charge in [0.15, 0.2) is 17.2 Å². The summed E-state index contributed by atoms with van der Waals surface area (Å²) in [5.41, 5.74) is 4.29. The van der Waals surface area contributed by atoms with Crippen LogP contribution in [0, 0.1) is 0 Å². The first-order valence-corrected chi connectivity index (χ1v) is 12.1. The van der Waals surface area contributed by atoms with Crippen molar-refractivity contribution in [2.24, 2.45) is 5.10 Å². The fourth-order valence-corrected chi connectivity index (χ4v) is 5.87. The van der Waals surface area contributed by atoms with Crippen LogP contribution in [0.3, 0.4) is 0 Å². The standard InChI is InChI=1S/C29H30N2O3/c1-32-23-11-6-10-22(18-23)25-19-26-24-12-7-13-27(33-2)28(24)34-29(31(26)30-25)16-14-21(15-17-29)20-8-4-3-5-9-20/h3-13,18,21,26H,14-17,19H2,1-2H3/t21?,26-,29?/m0/s1. The van der Waals surface area contributed by atoms with Crippen LogP contribution in [-0.4, -0.2) is 30.7 Å². The van der Waals surface area contributed by atoms with Crippen molar-refractivity contribution < 1.29 is 14.2 Å². The highest BCUT2D eigenvalue weighted by molar-refractivity contribution is 6.02. The molecular weight excluding hydrogens is 424 g/mol. The normalized spacial score (nSPS) is 25.2. The van der Waals surface area contributed by atoms with Gasteiger partial charge in [0.2, 0.25) is 0 Å². The lowest BCUT2D eigenvalue weighted by Crippen LogP contribution is -2.55. The van der Waals surface area contributed by atoms with Gasteiger partial charge in [0.05, 0.1) is 26.0 Å². The minimum absolute atomic E-state index is 0.133. The molecular formula is C29H30N2O3. The van der Waals surface area contributed by atoms with Gasteiger partial charge in [-0.05, 0) is 42.5 Å². The van der Waals surface area contributed by atoms with E-state index in [1.165, 1.54) is 5.56 Å². The van der Waals surface area contributed by atoms with Crippen molar-refractivity contribution in [3.05, 3.63) is 89.5 Å². The monoisotopic (exact) mass is 454 g/mol. The molecule has 2 heterocycles. The van der Waals surface area contributed by atoms with Crippen LogP contribution in [0.4, 0.5) is 0 Å². The van der Waals surface area contributed by atoms with Crippen molar-refractivity contribution in [2.45, 2.75) is 49.8 Å². The molecule has 174 valence electrons. The Bertz CT molecular complexity index is 1220. The van der Waals surface area contributed by atoms with Gasteiger partial charge in [-0.2, -0.15) is 5.10 Å². The lowest BCUT2D eigenvalue weighted by molar-refractivity contribution is -0.143. The summed E-state index contributed by atoms with van der Waals surface area (Å²) in [6, 6.07) is 25.4. The van der Waals surface area contributed by atoms with E-state index in [9.17, 15) is 0 Å². The first kappa shape index (κ1) is 21.1. The SMILES string of the molecule is COc1cccc(C2=NN3[C@@H](C2)c2cccc(OC)c2OC32CCC(c3ccccc3)CC2)c1. The highest BCUT2D eigenvalue weighted by Gasteiger charge is 2.52. The van der Waals surface area contributed by atoms with Crippen LogP contribution in [-0.2, 0) is 0 Å². The van der Waals surface area contributed by atoms with Crippen molar-refractivity contribution in [3.8, 4) is 17.2 Å². The average molecular weight is 455 g/mol. The Morgan fingerprint density at radius 1 is 0.912 bits per heavy atom. The van der Waals surface area contributed by atoms with Crippen LogP contribution in [0.1, 0.15) is 60.8 Å². The Kier molecular flexibility index (Phi) is 5.20. The third-order valence-electron chi connectivity index (χ3n) is 7.65. The van der Waals surface area contributed by atoms with Crippen LogP contribution in [0.25, 0.3) is 0 Å². The number of methoxy groups -OCH3 is 2. The quantitative estimate of drug-likeness (QED) is 0.464. The van der Waals surface area contributed by atoms with Gasteiger partial charge in [0.25, 0.3) is 0 Å². The third kappa shape index (κ3) is 3.42. The molecule has 1 aliphatic carbocycles. The molecule has 3 aromatic carbocycles. The first-order valence-electron chi connectivity index (χ1n) is 12.1. The lowest BCUT2D eigenvalue weighted by Gasteiger charge is -2.50. The smallest absolute Gasteiger partial charge is 0.198 e. The minimum Gasteiger partial charge on any atom is -0.497 e. The molecule has 0 radical (unpaired) electrons. The molecule has 0 bridgehead atoms. The molecule has 5 nitrogen and oxygen atoms in total. The van der Waals surface area contributed by atoms with Gasteiger partial charge < -0.3 is 14.2 Å². The third-order valence-corrected chi connectivity index (χ3v) is 7.65. The average Bonchev–Trinajstić information content (AvgIpc) is 3.37. The Morgan fingerprint density at radius 3 is 2.47 bits per heavy atom. The van der Waals surface area contributed by atoms with Gasteiger partial charge in [0, 0.05) is 30.4 Å². The van der Waals surface area contributed by atoms with Crippen LogP contribution >= 0.6 is 0 Å². The molecule has 2 aliphatic heterocycles. The summed E-state index contributed by atoms with van der Waals surface area (Å²) in [5.74, 6) is 3.09. The second kappa shape index (κ2) is 8.39. The highest BCUT2D eigenvalue weighted by Crippen LogP contribution is 2.55. The maximum absolute atomic E-state index is 6.88. The van der Waals surface area contributed by atoms with Gasteiger partial charge in [-0.15, -0.1) is 0 Å². The highest BCUT2D eigenvalue weighted by atomic mass is 16.5. The lowest BCUT2D eigenvalue weighted by atomic mass is 9.78. The van der Waals surface area contributed by atoms with Gasteiger partial charge in [-0.1, -0.05) is 54.6 Å². The fraction of sp³-hybridized carbons (Fsp3) is 0.345. The molecule has 1 saturated carbocycles. The van der Waals surface area contributed by atoms with E-state index < -0.39 is 5.72 Å². The van der Waals surface area contributed by atoms with E-state index in [1.54, 1.807) is 14.2 Å². The number of hydrogen-bond acceptors (Lipinski definition) is 5. The van der Waals surface area contributed by atoms with Crippen LogP contribution in [0.15, 0.2) is 77.9 Å². The van der Waals surface area contributed by atoms with E-state index >= 15 is 0 Å². The molecule has 0 N–H and O–H groups in total. The summed E-state index contributed by atoms with van der Waals surface area (Å²) in [5, 5.41) is 7.48. The van der Waals surface area contributed by atoms with E-state index in [-0.39, 0.29) is 6.04 Å². The second-order valence-electron chi connectivity index (χ2n) is 9.45. The zero-order valence-electron chi connectivity index (χ0n) is 19.7. The van der Waals surface area contributed by atoms with Gasteiger partial charge >= 0.3 is 0 Å². The first-order chi connectivity index (χ1) is 16.7. The molecule has 0 saturated heterocycles. The number of hydrazone groups is 1. The summed E-state index contributed by atoms with van der Waals surface area (Å²) in [4.78, 5) is 0. The van der Waals surface area contributed by atoms with E-state index in [0.717, 1.165) is 66.2 Å². The zero-order chi connectivity index (χ0) is 23.1. The fourth-order valence-electron chi connectivity index (χ4n) is 5.87. The summed E-state index contributed by atoms with van der Waals surface area (Å²) in [7, 11) is 3.42. The summed E-state index contributed by atoms with van der Waals surface area (Å²) < 4.78 is 18.1. The van der Waals surface area contributed by atoms with E-state index in [2.05, 4.69) is 53.5 Å². The van der Waals surface area contributed by atoms with E-state index in [4.69, 9.17) is 19.3 Å². The number of nitrogens with zero attached hydrogens (tertiary/aromatic N) is 2. The number of ether oxygens (including phenoxy) is 3. The Hall–Kier alpha value is -3.47. The van der Waals surface area contributed by atoms with Crippen molar-refractivity contribution in [2.75, 3.05) is 14.2 Å². The minimum atomic E-state index is -0.460. The molecule has 3 aliphatic rings. The Morgan fingerprint density at radius 2 is 1.71 bits per heavy atom.